The summed E-state index contributed by atoms with van der Waals surface area (Å²) in [5, 5.41) is 0. The van der Waals surface area contributed by atoms with Crippen LogP contribution in [0.3, 0.4) is 0 Å². The predicted molar refractivity (Wildman–Crippen MR) is 69.2 cm³/mol. The van der Waals surface area contributed by atoms with Crippen LogP contribution in [0.15, 0.2) is 18.3 Å². The fourth-order valence-corrected chi connectivity index (χ4v) is 2.17. The summed E-state index contributed by atoms with van der Waals surface area (Å²) in [4.78, 5) is 6.84. The molecule has 1 aliphatic heterocycles. The van der Waals surface area contributed by atoms with E-state index in [2.05, 4.69) is 35.9 Å². The first-order valence-electron chi connectivity index (χ1n) is 6.14. The maximum Gasteiger partial charge on any atom is 0.129 e. The minimum absolute atomic E-state index is 0.0145. The second-order valence-corrected chi connectivity index (χ2v) is 5.08. The lowest BCUT2D eigenvalue weighted by atomic mass is 10.0. The molecule has 4 heteroatoms. The van der Waals surface area contributed by atoms with Gasteiger partial charge in [-0.2, -0.15) is 0 Å². The van der Waals surface area contributed by atoms with Crippen LogP contribution in [0.2, 0.25) is 0 Å². The SMILES string of the molecule is CC1(C)COCCN1c1ccc(CCN)cn1. The van der Waals surface area contributed by atoms with Gasteiger partial charge in [0.25, 0.3) is 0 Å². The van der Waals surface area contributed by atoms with Crippen LogP contribution in [0, 0.1) is 0 Å². The van der Waals surface area contributed by atoms with E-state index in [1.54, 1.807) is 0 Å². The van der Waals surface area contributed by atoms with Crippen molar-refractivity contribution in [2.75, 3.05) is 31.2 Å². The highest BCUT2D eigenvalue weighted by Gasteiger charge is 2.31. The Morgan fingerprint density at radius 3 is 2.88 bits per heavy atom. The number of morpholine rings is 1. The molecule has 1 aromatic heterocycles. The fourth-order valence-electron chi connectivity index (χ4n) is 2.17. The molecule has 0 atom stereocenters. The normalized spacial score (nSPS) is 19.4. The van der Waals surface area contributed by atoms with Gasteiger partial charge in [-0.05, 0) is 38.4 Å². The number of rotatable bonds is 3. The second-order valence-electron chi connectivity index (χ2n) is 5.08. The summed E-state index contributed by atoms with van der Waals surface area (Å²) in [5.41, 5.74) is 6.74. The van der Waals surface area contributed by atoms with Crippen molar-refractivity contribution in [3.8, 4) is 0 Å². The average molecular weight is 235 g/mol. The molecular formula is C13H21N3O. The van der Waals surface area contributed by atoms with Crippen LogP contribution >= 0.6 is 0 Å². The van der Waals surface area contributed by atoms with Gasteiger partial charge in [-0.25, -0.2) is 4.98 Å². The second kappa shape index (κ2) is 5.02. The van der Waals surface area contributed by atoms with Crippen molar-refractivity contribution in [2.24, 2.45) is 5.73 Å². The van der Waals surface area contributed by atoms with E-state index in [9.17, 15) is 0 Å². The number of pyridine rings is 1. The fraction of sp³-hybridized carbons (Fsp3) is 0.615. The highest BCUT2D eigenvalue weighted by atomic mass is 16.5. The van der Waals surface area contributed by atoms with Gasteiger partial charge in [-0.1, -0.05) is 6.07 Å². The van der Waals surface area contributed by atoms with Crippen LogP contribution < -0.4 is 10.6 Å². The van der Waals surface area contributed by atoms with E-state index in [1.807, 2.05) is 6.20 Å². The van der Waals surface area contributed by atoms with Crippen molar-refractivity contribution in [3.05, 3.63) is 23.9 Å². The molecule has 0 aromatic carbocycles. The molecular weight excluding hydrogens is 214 g/mol. The molecule has 1 aliphatic rings. The highest BCUT2D eigenvalue weighted by molar-refractivity contribution is 5.43. The average Bonchev–Trinajstić information content (AvgIpc) is 2.30. The molecule has 0 amide bonds. The third kappa shape index (κ3) is 2.76. The lowest BCUT2D eigenvalue weighted by Gasteiger charge is -2.43. The van der Waals surface area contributed by atoms with Gasteiger partial charge in [0.05, 0.1) is 18.8 Å². The van der Waals surface area contributed by atoms with Crippen LogP contribution in [0.4, 0.5) is 5.82 Å². The topological polar surface area (TPSA) is 51.4 Å². The standard InChI is InChI=1S/C13H21N3O/c1-13(2)10-17-8-7-16(13)12-4-3-11(5-6-14)9-15-12/h3-4,9H,5-8,10,14H2,1-2H3. The zero-order valence-corrected chi connectivity index (χ0v) is 10.6. The maximum absolute atomic E-state index is 5.53. The molecule has 0 bridgehead atoms. The summed E-state index contributed by atoms with van der Waals surface area (Å²) in [6, 6.07) is 4.19. The summed E-state index contributed by atoms with van der Waals surface area (Å²) in [7, 11) is 0. The van der Waals surface area contributed by atoms with Crippen LogP contribution in [0.1, 0.15) is 19.4 Å². The van der Waals surface area contributed by atoms with Gasteiger partial charge in [-0.15, -0.1) is 0 Å². The summed E-state index contributed by atoms with van der Waals surface area (Å²) in [5.74, 6) is 1.03. The van der Waals surface area contributed by atoms with Gasteiger partial charge in [-0.3, -0.25) is 0 Å². The summed E-state index contributed by atoms with van der Waals surface area (Å²) in [6.45, 7) is 7.46. The van der Waals surface area contributed by atoms with Crippen molar-refractivity contribution in [2.45, 2.75) is 25.8 Å². The summed E-state index contributed by atoms with van der Waals surface area (Å²) in [6.07, 6.45) is 2.81. The molecule has 1 aromatic rings. The van der Waals surface area contributed by atoms with Crippen LogP contribution in [0.25, 0.3) is 0 Å². The molecule has 2 heterocycles. The van der Waals surface area contributed by atoms with Crippen molar-refractivity contribution in [3.63, 3.8) is 0 Å². The number of hydrogen-bond donors (Lipinski definition) is 1. The molecule has 0 aliphatic carbocycles. The smallest absolute Gasteiger partial charge is 0.129 e. The number of nitrogens with two attached hydrogens (primary N) is 1. The van der Waals surface area contributed by atoms with E-state index in [0.29, 0.717) is 6.54 Å². The molecule has 0 spiro atoms. The number of anilines is 1. The van der Waals surface area contributed by atoms with E-state index in [0.717, 1.165) is 32.0 Å². The first-order valence-corrected chi connectivity index (χ1v) is 6.14. The molecule has 0 unspecified atom stereocenters. The quantitative estimate of drug-likeness (QED) is 0.855. The molecule has 17 heavy (non-hydrogen) atoms. The number of hydrogen-bond acceptors (Lipinski definition) is 4. The Hall–Kier alpha value is -1.13. The van der Waals surface area contributed by atoms with Crippen molar-refractivity contribution in [1.29, 1.82) is 0 Å². The predicted octanol–water partition coefficient (Wildman–Crippen LogP) is 1.20. The largest absolute Gasteiger partial charge is 0.377 e. The van der Waals surface area contributed by atoms with E-state index in [4.69, 9.17) is 10.5 Å². The zero-order chi connectivity index (χ0) is 12.3. The molecule has 0 radical (unpaired) electrons. The van der Waals surface area contributed by atoms with E-state index in [1.165, 1.54) is 5.56 Å². The molecule has 94 valence electrons. The lowest BCUT2D eigenvalue weighted by Crippen LogP contribution is -2.53. The van der Waals surface area contributed by atoms with Crippen molar-refractivity contribution < 1.29 is 4.74 Å². The van der Waals surface area contributed by atoms with Crippen molar-refractivity contribution >= 4 is 5.82 Å². The molecule has 4 nitrogen and oxygen atoms in total. The molecule has 2 N–H and O–H groups in total. The number of nitrogens with zero attached hydrogens (tertiary/aromatic N) is 2. The number of aromatic nitrogens is 1. The van der Waals surface area contributed by atoms with Crippen molar-refractivity contribution in [1.82, 2.24) is 4.98 Å². The molecule has 2 rings (SSSR count). The third-order valence-electron chi connectivity index (χ3n) is 3.16. The zero-order valence-electron chi connectivity index (χ0n) is 10.6. The monoisotopic (exact) mass is 235 g/mol. The van der Waals surface area contributed by atoms with Gasteiger partial charge in [0.1, 0.15) is 5.82 Å². The Morgan fingerprint density at radius 1 is 1.47 bits per heavy atom. The Kier molecular flexibility index (Phi) is 3.64. The molecule has 0 saturated carbocycles. The Balaban J connectivity index is 2.15. The highest BCUT2D eigenvalue weighted by Crippen LogP contribution is 2.25. The number of ether oxygens (including phenoxy) is 1. The van der Waals surface area contributed by atoms with Crippen LogP contribution in [-0.2, 0) is 11.2 Å². The van der Waals surface area contributed by atoms with Gasteiger partial charge in [0.15, 0.2) is 0 Å². The van der Waals surface area contributed by atoms with Gasteiger partial charge in [0, 0.05) is 12.7 Å². The first kappa shape index (κ1) is 12.3. The van der Waals surface area contributed by atoms with E-state index < -0.39 is 0 Å². The van der Waals surface area contributed by atoms with Gasteiger partial charge < -0.3 is 15.4 Å². The van der Waals surface area contributed by atoms with Crippen LogP contribution in [0.5, 0.6) is 0 Å². The van der Waals surface area contributed by atoms with E-state index in [-0.39, 0.29) is 5.54 Å². The van der Waals surface area contributed by atoms with Crippen LogP contribution in [-0.4, -0.2) is 36.8 Å². The maximum atomic E-state index is 5.53. The Labute approximate surface area is 103 Å². The van der Waals surface area contributed by atoms with Gasteiger partial charge >= 0.3 is 0 Å². The molecule has 1 fully saturated rings. The Bertz CT molecular complexity index is 361. The minimum atomic E-state index is 0.0145. The summed E-state index contributed by atoms with van der Waals surface area (Å²) < 4.78 is 5.51. The summed E-state index contributed by atoms with van der Waals surface area (Å²) >= 11 is 0. The first-order chi connectivity index (χ1) is 8.13. The van der Waals surface area contributed by atoms with E-state index >= 15 is 0 Å². The lowest BCUT2D eigenvalue weighted by molar-refractivity contribution is 0.0639. The van der Waals surface area contributed by atoms with Gasteiger partial charge in [0.2, 0.25) is 0 Å². The third-order valence-corrected chi connectivity index (χ3v) is 3.16. The Morgan fingerprint density at radius 2 is 2.29 bits per heavy atom. The molecule has 1 saturated heterocycles. The minimum Gasteiger partial charge on any atom is -0.377 e.